The first kappa shape index (κ1) is 9.96. The number of dihydropyridines is 1. The highest BCUT2D eigenvalue weighted by Gasteiger charge is 2.15. The molecule has 1 unspecified atom stereocenters. The van der Waals surface area contributed by atoms with Gasteiger partial charge in [-0.2, -0.15) is 0 Å². The van der Waals surface area contributed by atoms with Crippen molar-refractivity contribution in [1.29, 1.82) is 0 Å². The number of carbonyl (C=O) groups is 1. The molecule has 1 heterocycles. The fourth-order valence-electron chi connectivity index (χ4n) is 1.18. The van der Waals surface area contributed by atoms with E-state index in [9.17, 15) is 4.79 Å². The molecule has 3 heteroatoms. The van der Waals surface area contributed by atoms with Crippen LogP contribution in [-0.2, 0) is 4.79 Å². The Morgan fingerprint density at radius 3 is 3.00 bits per heavy atom. The van der Waals surface area contributed by atoms with E-state index in [0.717, 1.165) is 13.0 Å². The van der Waals surface area contributed by atoms with Crippen LogP contribution in [0.15, 0.2) is 17.1 Å². The Hall–Kier alpha value is -1.12. The van der Waals surface area contributed by atoms with Crippen LogP contribution >= 0.6 is 0 Å². The molecule has 0 fully saturated rings. The zero-order valence-electron chi connectivity index (χ0n) is 8.45. The fraction of sp³-hybridized carbons (Fsp3) is 0.600. The quantitative estimate of drug-likeness (QED) is 0.629. The van der Waals surface area contributed by atoms with Gasteiger partial charge in [-0.15, -0.1) is 0 Å². The van der Waals surface area contributed by atoms with Crippen LogP contribution < -0.4 is 0 Å². The zero-order chi connectivity index (χ0) is 9.84. The topological polar surface area (TPSA) is 32.7 Å². The van der Waals surface area contributed by atoms with Gasteiger partial charge in [0.2, 0.25) is 0 Å². The maximum absolute atomic E-state index is 11.6. The largest absolute Gasteiger partial charge is 0.341 e. The van der Waals surface area contributed by atoms with Crippen LogP contribution in [0.25, 0.3) is 0 Å². The summed E-state index contributed by atoms with van der Waals surface area (Å²) in [6, 6.07) is 0.245. The highest BCUT2D eigenvalue weighted by Crippen LogP contribution is 2.06. The third kappa shape index (κ3) is 2.41. The second-order valence-electron chi connectivity index (χ2n) is 3.32. The van der Waals surface area contributed by atoms with Gasteiger partial charge in [-0.3, -0.25) is 9.79 Å². The number of rotatable bonds is 2. The Balaban J connectivity index is 2.71. The van der Waals surface area contributed by atoms with Crippen molar-refractivity contribution in [3.8, 4) is 0 Å². The highest BCUT2D eigenvalue weighted by molar-refractivity contribution is 6.43. The van der Waals surface area contributed by atoms with Crippen molar-refractivity contribution in [2.45, 2.75) is 26.3 Å². The predicted octanol–water partition coefficient (Wildman–Crippen LogP) is 1.25. The zero-order valence-corrected chi connectivity index (χ0v) is 8.45. The molecule has 0 radical (unpaired) electrons. The van der Waals surface area contributed by atoms with Gasteiger partial charge in [0, 0.05) is 13.6 Å². The molecule has 0 saturated carbocycles. The average Bonchev–Trinajstić information content (AvgIpc) is 2.15. The molecule has 1 atom stereocenters. The van der Waals surface area contributed by atoms with Crippen molar-refractivity contribution in [3.63, 3.8) is 0 Å². The molecule has 1 aliphatic rings. The van der Waals surface area contributed by atoms with Gasteiger partial charge in [0.25, 0.3) is 5.91 Å². The lowest BCUT2D eigenvalue weighted by molar-refractivity contribution is -0.122. The van der Waals surface area contributed by atoms with Crippen LogP contribution in [0.1, 0.15) is 20.3 Å². The summed E-state index contributed by atoms with van der Waals surface area (Å²) < 4.78 is 0. The smallest absolute Gasteiger partial charge is 0.271 e. The first-order valence-corrected chi connectivity index (χ1v) is 4.65. The molecule has 0 aromatic heterocycles. The second-order valence-corrected chi connectivity index (χ2v) is 3.32. The van der Waals surface area contributed by atoms with Gasteiger partial charge in [0.15, 0.2) is 0 Å². The van der Waals surface area contributed by atoms with Gasteiger partial charge in [-0.25, -0.2) is 0 Å². The summed E-state index contributed by atoms with van der Waals surface area (Å²) >= 11 is 0. The molecule has 13 heavy (non-hydrogen) atoms. The second kappa shape index (κ2) is 4.21. The molecule has 1 amide bonds. The summed E-state index contributed by atoms with van der Waals surface area (Å²) in [5.74, 6) is 0.0188. The van der Waals surface area contributed by atoms with E-state index in [1.165, 1.54) is 0 Å². The molecular weight excluding hydrogens is 164 g/mol. The highest BCUT2D eigenvalue weighted by atomic mass is 16.2. The van der Waals surface area contributed by atoms with Crippen molar-refractivity contribution in [2.75, 3.05) is 13.6 Å². The summed E-state index contributed by atoms with van der Waals surface area (Å²) in [6.45, 7) is 4.69. The van der Waals surface area contributed by atoms with Gasteiger partial charge in [0.1, 0.15) is 5.71 Å². The maximum Gasteiger partial charge on any atom is 0.271 e. The van der Waals surface area contributed by atoms with E-state index < -0.39 is 0 Å². The third-order valence-corrected chi connectivity index (χ3v) is 2.15. The first-order chi connectivity index (χ1) is 6.15. The van der Waals surface area contributed by atoms with Gasteiger partial charge in [-0.05, 0) is 26.3 Å². The molecule has 0 bridgehead atoms. The minimum Gasteiger partial charge on any atom is -0.341 e. The minimum atomic E-state index is 0.0188. The minimum absolute atomic E-state index is 0.0188. The van der Waals surface area contributed by atoms with E-state index in [2.05, 4.69) is 4.99 Å². The molecule has 1 rings (SSSR count). The Bertz CT molecular complexity index is 256. The van der Waals surface area contributed by atoms with Crippen molar-refractivity contribution in [1.82, 2.24) is 4.90 Å². The Morgan fingerprint density at radius 1 is 1.77 bits per heavy atom. The molecule has 0 N–H and O–H groups in total. The monoisotopic (exact) mass is 180 g/mol. The summed E-state index contributed by atoms with van der Waals surface area (Å²) in [6.07, 6.45) is 4.76. The SMILES string of the molecule is CCN(C)C(=O)C1=NC(C)CC=C1. The average molecular weight is 180 g/mol. The summed E-state index contributed by atoms with van der Waals surface area (Å²) in [7, 11) is 1.79. The Morgan fingerprint density at radius 2 is 2.46 bits per heavy atom. The molecule has 0 aromatic rings. The number of hydrogen-bond acceptors (Lipinski definition) is 2. The number of nitrogens with zero attached hydrogens (tertiary/aromatic N) is 2. The van der Waals surface area contributed by atoms with E-state index in [-0.39, 0.29) is 11.9 Å². The van der Waals surface area contributed by atoms with Crippen molar-refractivity contribution in [2.24, 2.45) is 4.99 Å². The van der Waals surface area contributed by atoms with E-state index in [1.54, 1.807) is 11.9 Å². The van der Waals surface area contributed by atoms with E-state index >= 15 is 0 Å². The van der Waals surface area contributed by atoms with Gasteiger partial charge in [-0.1, -0.05) is 6.08 Å². The molecule has 0 aromatic carbocycles. The van der Waals surface area contributed by atoms with Gasteiger partial charge >= 0.3 is 0 Å². The van der Waals surface area contributed by atoms with Gasteiger partial charge in [0.05, 0.1) is 6.04 Å². The third-order valence-electron chi connectivity index (χ3n) is 2.15. The van der Waals surface area contributed by atoms with Crippen LogP contribution in [-0.4, -0.2) is 36.2 Å². The number of amides is 1. The molecule has 0 saturated heterocycles. The number of hydrogen-bond donors (Lipinski definition) is 0. The number of aliphatic imine (C=N–C) groups is 1. The molecule has 0 spiro atoms. The summed E-state index contributed by atoms with van der Waals surface area (Å²) in [5, 5.41) is 0. The molecular formula is C10H16N2O. The molecule has 72 valence electrons. The maximum atomic E-state index is 11.6. The van der Waals surface area contributed by atoms with Crippen molar-refractivity contribution in [3.05, 3.63) is 12.2 Å². The van der Waals surface area contributed by atoms with Crippen molar-refractivity contribution >= 4 is 11.6 Å². The lowest BCUT2D eigenvalue weighted by Crippen LogP contribution is -2.33. The van der Waals surface area contributed by atoms with Crippen LogP contribution in [0.3, 0.4) is 0 Å². The standard InChI is InChI=1S/C10H16N2O/c1-4-12(3)10(13)9-7-5-6-8(2)11-9/h5,7-8H,4,6H2,1-3H3. The summed E-state index contributed by atoms with van der Waals surface area (Å²) in [5.41, 5.74) is 0.586. The Labute approximate surface area is 79.1 Å². The normalized spacial score (nSPS) is 21.2. The van der Waals surface area contributed by atoms with Crippen LogP contribution in [0.2, 0.25) is 0 Å². The molecule has 0 aliphatic carbocycles. The van der Waals surface area contributed by atoms with E-state index in [4.69, 9.17) is 0 Å². The fourth-order valence-corrected chi connectivity index (χ4v) is 1.18. The summed E-state index contributed by atoms with van der Waals surface area (Å²) in [4.78, 5) is 17.6. The lowest BCUT2D eigenvalue weighted by Gasteiger charge is -2.17. The van der Waals surface area contributed by atoms with Crippen LogP contribution in [0.5, 0.6) is 0 Å². The molecule has 3 nitrogen and oxygen atoms in total. The van der Waals surface area contributed by atoms with Gasteiger partial charge < -0.3 is 4.90 Å². The molecule has 1 aliphatic heterocycles. The first-order valence-electron chi connectivity index (χ1n) is 4.65. The van der Waals surface area contributed by atoms with Crippen LogP contribution in [0.4, 0.5) is 0 Å². The number of carbonyl (C=O) groups excluding carboxylic acids is 1. The van der Waals surface area contributed by atoms with E-state index in [0.29, 0.717) is 5.71 Å². The van der Waals surface area contributed by atoms with Crippen LogP contribution in [0, 0.1) is 0 Å². The lowest BCUT2D eigenvalue weighted by atomic mass is 10.1. The van der Waals surface area contributed by atoms with E-state index in [1.807, 2.05) is 26.0 Å². The predicted molar refractivity (Wildman–Crippen MR) is 54.0 cm³/mol. The van der Waals surface area contributed by atoms with Crippen molar-refractivity contribution < 1.29 is 4.79 Å². The Kier molecular flexibility index (Phi) is 3.23.